The standard InChI is InChI=1S/C20H22Cl2N2O2/c1-26-17-4-2-3-13(7-17)5-6-24-20(25)19-12-23-11-18(19)14-8-15(21)10-16(22)9-14/h2-4,7-10,18-19,23H,5-6,11-12H2,1H3,(H,24,25)/t18-,19+/m0/s1. The lowest BCUT2D eigenvalue weighted by Crippen LogP contribution is -2.35. The highest BCUT2D eigenvalue weighted by atomic mass is 35.5. The Hall–Kier alpha value is -1.75. The quantitative estimate of drug-likeness (QED) is 0.788. The zero-order valence-corrected chi connectivity index (χ0v) is 16.1. The first kappa shape index (κ1) is 19.0. The van der Waals surface area contributed by atoms with E-state index in [1.54, 1.807) is 13.2 Å². The lowest BCUT2D eigenvalue weighted by molar-refractivity contribution is -0.124. The van der Waals surface area contributed by atoms with E-state index in [4.69, 9.17) is 27.9 Å². The van der Waals surface area contributed by atoms with Crippen LogP contribution >= 0.6 is 23.2 Å². The number of carbonyl (C=O) groups is 1. The summed E-state index contributed by atoms with van der Waals surface area (Å²) in [6, 6.07) is 13.4. The number of amides is 1. The van der Waals surface area contributed by atoms with Gasteiger partial charge in [0.15, 0.2) is 0 Å². The fourth-order valence-electron chi connectivity index (χ4n) is 3.38. The van der Waals surface area contributed by atoms with E-state index in [0.29, 0.717) is 23.1 Å². The first-order chi connectivity index (χ1) is 12.6. The number of rotatable bonds is 6. The Morgan fingerprint density at radius 1 is 1.19 bits per heavy atom. The van der Waals surface area contributed by atoms with Gasteiger partial charge in [0.1, 0.15) is 5.75 Å². The SMILES string of the molecule is COc1cccc(CCNC(=O)[C@@H]2CNC[C@H]2c2cc(Cl)cc(Cl)c2)c1. The second-order valence-corrected chi connectivity index (χ2v) is 7.34. The third-order valence-electron chi connectivity index (χ3n) is 4.71. The van der Waals surface area contributed by atoms with Gasteiger partial charge in [-0.1, -0.05) is 35.3 Å². The molecule has 2 aromatic carbocycles. The third-order valence-corrected chi connectivity index (χ3v) is 5.15. The van der Waals surface area contributed by atoms with Crippen molar-refractivity contribution in [1.82, 2.24) is 10.6 Å². The molecular formula is C20H22Cl2N2O2. The van der Waals surface area contributed by atoms with E-state index in [1.165, 1.54) is 0 Å². The maximum absolute atomic E-state index is 12.7. The van der Waals surface area contributed by atoms with Crippen molar-refractivity contribution in [3.05, 3.63) is 63.6 Å². The molecule has 2 atom stereocenters. The summed E-state index contributed by atoms with van der Waals surface area (Å²) in [5.74, 6) is 0.823. The monoisotopic (exact) mass is 392 g/mol. The van der Waals surface area contributed by atoms with Crippen molar-refractivity contribution in [2.75, 3.05) is 26.7 Å². The van der Waals surface area contributed by atoms with Crippen LogP contribution in [0.2, 0.25) is 10.0 Å². The number of benzene rings is 2. The molecule has 0 saturated carbocycles. The minimum Gasteiger partial charge on any atom is -0.497 e. The predicted molar refractivity (Wildman–Crippen MR) is 105 cm³/mol. The highest BCUT2D eigenvalue weighted by Crippen LogP contribution is 2.32. The van der Waals surface area contributed by atoms with Gasteiger partial charge in [-0.3, -0.25) is 4.79 Å². The second kappa shape index (κ2) is 8.76. The van der Waals surface area contributed by atoms with Gasteiger partial charge in [0.2, 0.25) is 5.91 Å². The van der Waals surface area contributed by atoms with Crippen molar-refractivity contribution in [3.8, 4) is 5.75 Å². The Morgan fingerprint density at radius 2 is 1.96 bits per heavy atom. The summed E-state index contributed by atoms with van der Waals surface area (Å²) < 4.78 is 5.23. The maximum atomic E-state index is 12.7. The van der Waals surface area contributed by atoms with Crippen LogP contribution in [0.1, 0.15) is 17.0 Å². The molecule has 0 aliphatic carbocycles. The molecule has 2 N–H and O–H groups in total. The minimum absolute atomic E-state index is 0.0546. The molecule has 6 heteroatoms. The van der Waals surface area contributed by atoms with E-state index in [9.17, 15) is 4.79 Å². The van der Waals surface area contributed by atoms with Crippen LogP contribution in [-0.2, 0) is 11.2 Å². The lowest BCUT2D eigenvalue weighted by atomic mass is 9.88. The largest absolute Gasteiger partial charge is 0.497 e. The molecule has 1 fully saturated rings. The van der Waals surface area contributed by atoms with E-state index < -0.39 is 0 Å². The molecule has 0 radical (unpaired) electrons. The zero-order valence-electron chi connectivity index (χ0n) is 14.6. The van der Waals surface area contributed by atoms with Crippen molar-refractivity contribution < 1.29 is 9.53 Å². The van der Waals surface area contributed by atoms with Gasteiger partial charge in [0.25, 0.3) is 0 Å². The molecule has 138 valence electrons. The van der Waals surface area contributed by atoms with Gasteiger partial charge in [0.05, 0.1) is 13.0 Å². The van der Waals surface area contributed by atoms with Gasteiger partial charge >= 0.3 is 0 Å². The smallest absolute Gasteiger partial charge is 0.225 e. The molecule has 1 heterocycles. The van der Waals surface area contributed by atoms with Gasteiger partial charge < -0.3 is 15.4 Å². The van der Waals surface area contributed by atoms with Gasteiger partial charge in [0, 0.05) is 35.6 Å². The molecule has 26 heavy (non-hydrogen) atoms. The van der Waals surface area contributed by atoms with E-state index >= 15 is 0 Å². The van der Waals surface area contributed by atoms with Crippen molar-refractivity contribution >= 4 is 29.1 Å². The summed E-state index contributed by atoms with van der Waals surface area (Å²) in [5, 5.41) is 7.54. The van der Waals surface area contributed by atoms with E-state index in [-0.39, 0.29) is 17.7 Å². The number of halogens is 2. The molecule has 2 aromatic rings. The van der Waals surface area contributed by atoms with Gasteiger partial charge in [-0.2, -0.15) is 0 Å². The van der Waals surface area contributed by atoms with Crippen LogP contribution < -0.4 is 15.4 Å². The summed E-state index contributed by atoms with van der Waals surface area (Å²) in [6.45, 7) is 1.98. The number of hydrogen-bond acceptors (Lipinski definition) is 3. The first-order valence-electron chi connectivity index (χ1n) is 8.64. The Balaban J connectivity index is 1.59. The number of ether oxygens (including phenoxy) is 1. The van der Waals surface area contributed by atoms with Crippen LogP contribution in [0.3, 0.4) is 0 Å². The molecule has 1 aliphatic heterocycles. The molecule has 3 rings (SSSR count). The molecule has 1 saturated heterocycles. The van der Waals surface area contributed by atoms with Crippen LogP contribution in [-0.4, -0.2) is 32.7 Å². The minimum atomic E-state index is -0.130. The molecule has 0 aromatic heterocycles. The summed E-state index contributed by atoms with van der Waals surface area (Å²) in [7, 11) is 1.65. The van der Waals surface area contributed by atoms with Gasteiger partial charge in [-0.15, -0.1) is 0 Å². The lowest BCUT2D eigenvalue weighted by Gasteiger charge is -2.19. The molecule has 1 aliphatic rings. The van der Waals surface area contributed by atoms with Crippen LogP contribution in [0.5, 0.6) is 5.75 Å². The summed E-state index contributed by atoms with van der Waals surface area (Å²) in [6.07, 6.45) is 0.761. The van der Waals surface area contributed by atoms with Crippen molar-refractivity contribution in [1.29, 1.82) is 0 Å². The number of methoxy groups -OCH3 is 1. The van der Waals surface area contributed by atoms with Gasteiger partial charge in [-0.25, -0.2) is 0 Å². The number of nitrogens with one attached hydrogen (secondary N) is 2. The average molecular weight is 393 g/mol. The summed E-state index contributed by atoms with van der Waals surface area (Å²) in [5.41, 5.74) is 2.13. The van der Waals surface area contributed by atoms with Gasteiger partial charge in [-0.05, 0) is 47.9 Å². The number of carbonyl (C=O) groups excluding carboxylic acids is 1. The predicted octanol–water partition coefficient (Wildman–Crippen LogP) is 3.66. The summed E-state index contributed by atoms with van der Waals surface area (Å²) in [4.78, 5) is 12.7. The van der Waals surface area contributed by atoms with Crippen molar-refractivity contribution in [2.45, 2.75) is 12.3 Å². The van der Waals surface area contributed by atoms with Crippen molar-refractivity contribution in [2.24, 2.45) is 5.92 Å². The van der Waals surface area contributed by atoms with Crippen LogP contribution in [0.15, 0.2) is 42.5 Å². The average Bonchev–Trinajstić information content (AvgIpc) is 3.11. The molecule has 0 spiro atoms. The topological polar surface area (TPSA) is 50.4 Å². The Morgan fingerprint density at radius 3 is 2.69 bits per heavy atom. The number of hydrogen-bond donors (Lipinski definition) is 2. The Labute approximate surface area is 163 Å². The highest BCUT2D eigenvalue weighted by Gasteiger charge is 2.34. The second-order valence-electron chi connectivity index (χ2n) is 6.47. The normalized spacial score (nSPS) is 19.3. The van der Waals surface area contributed by atoms with Crippen molar-refractivity contribution in [3.63, 3.8) is 0 Å². The van der Waals surface area contributed by atoms with Crippen LogP contribution in [0.25, 0.3) is 0 Å². The van der Waals surface area contributed by atoms with Crippen LogP contribution in [0.4, 0.5) is 0 Å². The molecule has 1 amide bonds. The van der Waals surface area contributed by atoms with E-state index in [2.05, 4.69) is 10.6 Å². The first-order valence-corrected chi connectivity index (χ1v) is 9.40. The molecular weight excluding hydrogens is 371 g/mol. The van der Waals surface area contributed by atoms with Crippen LogP contribution in [0, 0.1) is 5.92 Å². The Bertz CT molecular complexity index is 762. The fraction of sp³-hybridized carbons (Fsp3) is 0.350. The van der Waals surface area contributed by atoms with E-state index in [0.717, 1.165) is 29.8 Å². The highest BCUT2D eigenvalue weighted by molar-refractivity contribution is 6.34. The van der Waals surface area contributed by atoms with E-state index in [1.807, 2.05) is 36.4 Å². The fourth-order valence-corrected chi connectivity index (χ4v) is 3.93. The molecule has 4 nitrogen and oxygen atoms in total. The molecule has 0 unspecified atom stereocenters. The molecule has 0 bridgehead atoms. The maximum Gasteiger partial charge on any atom is 0.225 e. The third kappa shape index (κ3) is 4.70. The Kier molecular flexibility index (Phi) is 6.41. The summed E-state index contributed by atoms with van der Waals surface area (Å²) >= 11 is 12.2. The zero-order chi connectivity index (χ0) is 18.5.